The van der Waals surface area contributed by atoms with Gasteiger partial charge in [-0.15, -0.1) is 0 Å². The van der Waals surface area contributed by atoms with E-state index in [1.165, 1.54) is 0 Å². The summed E-state index contributed by atoms with van der Waals surface area (Å²) in [5, 5.41) is 9.73. The van der Waals surface area contributed by atoms with Crippen LogP contribution in [0.1, 0.15) is 0 Å². The summed E-state index contributed by atoms with van der Waals surface area (Å²) in [5.74, 6) is 0.703. The molecule has 96 valence electrons. The number of hydrogen-bond acceptors (Lipinski definition) is 3. The van der Waals surface area contributed by atoms with E-state index in [0.717, 1.165) is 16.7 Å². The molecule has 0 saturated heterocycles. The van der Waals surface area contributed by atoms with Gasteiger partial charge in [-0.2, -0.15) is 5.10 Å². The van der Waals surface area contributed by atoms with Gasteiger partial charge < -0.3 is 5.32 Å². The molecule has 0 aliphatic rings. The zero-order valence-corrected chi connectivity index (χ0v) is 11.6. The van der Waals surface area contributed by atoms with Gasteiger partial charge in [-0.1, -0.05) is 29.3 Å². The molecule has 0 aliphatic carbocycles. The number of nitrogens with zero attached hydrogens (tertiary/aromatic N) is 3. The van der Waals surface area contributed by atoms with E-state index in [-0.39, 0.29) is 0 Å². The Morgan fingerprint density at radius 1 is 1.16 bits per heavy atom. The molecular formula is C13H10Cl2N4. The first-order chi connectivity index (χ1) is 9.13. The largest absolute Gasteiger partial charge is 0.338 e. The van der Waals surface area contributed by atoms with Gasteiger partial charge in [0, 0.05) is 24.0 Å². The van der Waals surface area contributed by atoms with Crippen LogP contribution in [-0.4, -0.2) is 14.8 Å². The number of nitrogens with one attached hydrogen (secondary N) is 1. The molecule has 2 aromatic heterocycles. The van der Waals surface area contributed by atoms with Crippen molar-refractivity contribution < 1.29 is 0 Å². The van der Waals surface area contributed by atoms with Crippen LogP contribution in [0.5, 0.6) is 0 Å². The molecule has 3 rings (SSSR count). The summed E-state index contributed by atoms with van der Waals surface area (Å²) in [7, 11) is 1.84. The Hall–Kier alpha value is -1.78. The minimum absolute atomic E-state index is 0.578. The normalized spacial score (nSPS) is 10.9. The SMILES string of the molecule is Cn1nc(Nc2cccc(Cl)c2)c2cc(Cl)cnc21. The number of halogens is 2. The Morgan fingerprint density at radius 3 is 2.79 bits per heavy atom. The van der Waals surface area contributed by atoms with Crippen LogP contribution in [0, 0.1) is 0 Å². The molecule has 0 amide bonds. The van der Waals surface area contributed by atoms with Gasteiger partial charge in [0.15, 0.2) is 11.5 Å². The lowest BCUT2D eigenvalue weighted by Crippen LogP contribution is -1.94. The van der Waals surface area contributed by atoms with Crippen molar-refractivity contribution >= 4 is 45.7 Å². The molecule has 4 nitrogen and oxygen atoms in total. The van der Waals surface area contributed by atoms with Crippen LogP contribution in [0.15, 0.2) is 36.5 Å². The molecule has 1 aromatic carbocycles. The van der Waals surface area contributed by atoms with Gasteiger partial charge in [-0.05, 0) is 24.3 Å². The summed E-state index contributed by atoms with van der Waals surface area (Å²) in [6.07, 6.45) is 1.61. The Balaban J connectivity index is 2.08. The monoisotopic (exact) mass is 292 g/mol. The van der Waals surface area contributed by atoms with E-state index >= 15 is 0 Å². The molecule has 1 N–H and O–H groups in total. The molecule has 2 heterocycles. The molecule has 0 aliphatic heterocycles. The summed E-state index contributed by atoms with van der Waals surface area (Å²) >= 11 is 11.9. The fourth-order valence-corrected chi connectivity index (χ4v) is 2.26. The maximum absolute atomic E-state index is 5.98. The zero-order valence-electron chi connectivity index (χ0n) is 10.1. The standard InChI is InChI=1S/C13H10Cl2N4/c1-19-13-11(6-9(15)7-16-13)12(18-19)17-10-4-2-3-8(14)5-10/h2-7H,1H3,(H,17,18). The zero-order chi connectivity index (χ0) is 13.4. The number of fused-ring (bicyclic) bond motifs is 1. The van der Waals surface area contributed by atoms with Crippen molar-refractivity contribution in [2.45, 2.75) is 0 Å². The molecule has 0 fully saturated rings. The summed E-state index contributed by atoms with van der Waals surface area (Å²) in [5.41, 5.74) is 1.64. The molecule has 0 atom stereocenters. The average Bonchev–Trinajstić information content (AvgIpc) is 2.66. The van der Waals surface area contributed by atoms with E-state index < -0.39 is 0 Å². The van der Waals surface area contributed by atoms with E-state index in [0.29, 0.717) is 15.9 Å². The van der Waals surface area contributed by atoms with Crippen LogP contribution in [-0.2, 0) is 7.05 Å². The van der Waals surface area contributed by atoms with Crippen molar-refractivity contribution in [2.75, 3.05) is 5.32 Å². The summed E-state index contributed by atoms with van der Waals surface area (Å²) in [4.78, 5) is 4.26. The maximum Gasteiger partial charge on any atom is 0.162 e. The van der Waals surface area contributed by atoms with Gasteiger partial charge in [0.05, 0.1) is 10.4 Å². The quantitative estimate of drug-likeness (QED) is 0.776. The smallest absolute Gasteiger partial charge is 0.162 e. The average molecular weight is 293 g/mol. The molecule has 0 spiro atoms. The van der Waals surface area contributed by atoms with E-state index in [1.807, 2.05) is 37.4 Å². The highest BCUT2D eigenvalue weighted by Crippen LogP contribution is 2.27. The van der Waals surface area contributed by atoms with Crippen LogP contribution >= 0.6 is 23.2 Å². The van der Waals surface area contributed by atoms with Crippen molar-refractivity contribution in [3.05, 3.63) is 46.6 Å². The minimum Gasteiger partial charge on any atom is -0.338 e. The lowest BCUT2D eigenvalue weighted by atomic mass is 10.3. The number of pyridine rings is 1. The van der Waals surface area contributed by atoms with Gasteiger partial charge in [0.1, 0.15) is 0 Å². The molecular weight excluding hydrogens is 283 g/mol. The number of benzene rings is 1. The number of anilines is 2. The Morgan fingerprint density at radius 2 is 2.00 bits per heavy atom. The Kier molecular flexibility index (Phi) is 3.05. The van der Waals surface area contributed by atoms with Crippen molar-refractivity contribution in [3.63, 3.8) is 0 Å². The van der Waals surface area contributed by atoms with Crippen molar-refractivity contribution in [1.29, 1.82) is 0 Å². The highest BCUT2D eigenvalue weighted by molar-refractivity contribution is 6.31. The summed E-state index contributed by atoms with van der Waals surface area (Å²) < 4.78 is 1.71. The van der Waals surface area contributed by atoms with Crippen LogP contribution in [0.25, 0.3) is 11.0 Å². The molecule has 3 aromatic rings. The summed E-state index contributed by atoms with van der Waals surface area (Å²) in [6, 6.07) is 9.29. The summed E-state index contributed by atoms with van der Waals surface area (Å²) in [6.45, 7) is 0. The molecule has 6 heteroatoms. The molecule has 0 saturated carbocycles. The van der Waals surface area contributed by atoms with Crippen molar-refractivity contribution in [2.24, 2.45) is 7.05 Å². The predicted molar refractivity (Wildman–Crippen MR) is 78.3 cm³/mol. The Labute approximate surface area is 120 Å². The van der Waals surface area contributed by atoms with Crippen LogP contribution in [0.3, 0.4) is 0 Å². The lowest BCUT2D eigenvalue weighted by Gasteiger charge is -2.03. The van der Waals surface area contributed by atoms with Gasteiger partial charge in [-0.3, -0.25) is 0 Å². The van der Waals surface area contributed by atoms with Gasteiger partial charge in [-0.25, -0.2) is 9.67 Å². The van der Waals surface area contributed by atoms with Gasteiger partial charge in [0.25, 0.3) is 0 Å². The highest BCUT2D eigenvalue weighted by atomic mass is 35.5. The fourth-order valence-electron chi connectivity index (χ4n) is 1.91. The van der Waals surface area contributed by atoms with E-state index in [2.05, 4.69) is 15.4 Å². The molecule has 19 heavy (non-hydrogen) atoms. The third kappa shape index (κ3) is 2.37. The van der Waals surface area contributed by atoms with Gasteiger partial charge >= 0.3 is 0 Å². The Bertz CT molecular complexity index is 751. The second kappa shape index (κ2) is 4.72. The topological polar surface area (TPSA) is 42.7 Å². The molecule has 0 bridgehead atoms. The van der Waals surface area contributed by atoms with Crippen LogP contribution in [0.4, 0.5) is 11.5 Å². The predicted octanol–water partition coefficient (Wildman–Crippen LogP) is 4.02. The molecule has 0 radical (unpaired) electrons. The molecule has 0 unspecified atom stereocenters. The first kappa shape index (κ1) is 12.3. The van der Waals surface area contributed by atoms with Crippen LogP contribution in [0.2, 0.25) is 10.0 Å². The van der Waals surface area contributed by atoms with E-state index in [4.69, 9.17) is 23.2 Å². The number of hydrogen-bond donors (Lipinski definition) is 1. The van der Waals surface area contributed by atoms with Crippen molar-refractivity contribution in [3.8, 4) is 0 Å². The second-order valence-corrected chi connectivity index (χ2v) is 5.01. The first-order valence-electron chi connectivity index (χ1n) is 5.64. The van der Waals surface area contributed by atoms with Crippen LogP contribution < -0.4 is 5.32 Å². The van der Waals surface area contributed by atoms with E-state index in [1.54, 1.807) is 10.9 Å². The van der Waals surface area contributed by atoms with E-state index in [9.17, 15) is 0 Å². The third-order valence-corrected chi connectivity index (χ3v) is 3.17. The number of aryl methyl sites for hydroxylation is 1. The maximum atomic E-state index is 5.98. The highest BCUT2D eigenvalue weighted by Gasteiger charge is 2.10. The fraction of sp³-hybridized carbons (Fsp3) is 0.0769. The second-order valence-electron chi connectivity index (χ2n) is 4.13. The van der Waals surface area contributed by atoms with Crippen molar-refractivity contribution in [1.82, 2.24) is 14.8 Å². The van der Waals surface area contributed by atoms with Gasteiger partial charge in [0.2, 0.25) is 0 Å². The number of rotatable bonds is 2. The lowest BCUT2D eigenvalue weighted by molar-refractivity contribution is 0.790. The first-order valence-corrected chi connectivity index (χ1v) is 6.40. The minimum atomic E-state index is 0.578. The number of aromatic nitrogens is 3. The third-order valence-electron chi connectivity index (χ3n) is 2.73.